The topological polar surface area (TPSA) is 66.7 Å². The Morgan fingerprint density at radius 1 is 1.28 bits per heavy atom. The number of hydrogen-bond donors (Lipinski definition) is 0. The van der Waals surface area contributed by atoms with Gasteiger partial charge in [0.2, 0.25) is 0 Å². The van der Waals surface area contributed by atoms with E-state index in [0.29, 0.717) is 30.6 Å². The molecule has 3 heterocycles. The number of carbonyl (C=O) groups excluding carboxylic acids is 1. The minimum atomic E-state index is -4.75. The summed E-state index contributed by atoms with van der Waals surface area (Å²) in [7, 11) is 0. The third-order valence-corrected chi connectivity index (χ3v) is 6.70. The molecule has 0 radical (unpaired) electrons. The molecule has 1 spiro atoms. The molecule has 0 bridgehead atoms. The summed E-state index contributed by atoms with van der Waals surface area (Å²) in [6.45, 7) is 2.62. The van der Waals surface area contributed by atoms with Crippen LogP contribution >= 0.6 is 0 Å². The van der Waals surface area contributed by atoms with E-state index in [-0.39, 0.29) is 13.0 Å². The molecule has 0 aliphatic carbocycles. The lowest BCUT2D eigenvalue weighted by Gasteiger charge is -2.33. The molecule has 0 N–H and O–H groups in total. The van der Waals surface area contributed by atoms with Crippen molar-refractivity contribution in [1.29, 1.82) is 0 Å². The van der Waals surface area contributed by atoms with Gasteiger partial charge < -0.3 is 4.90 Å². The van der Waals surface area contributed by atoms with Crippen molar-refractivity contribution in [3.8, 4) is 0 Å². The third-order valence-electron chi connectivity index (χ3n) is 6.70. The molecule has 3 aliphatic rings. The minimum Gasteiger partial charge on any atom is -0.310 e. The van der Waals surface area contributed by atoms with Gasteiger partial charge in [-0.15, -0.1) is 0 Å². The molecule has 2 saturated heterocycles. The van der Waals surface area contributed by atoms with E-state index >= 15 is 0 Å². The summed E-state index contributed by atoms with van der Waals surface area (Å²) >= 11 is 0. The van der Waals surface area contributed by atoms with Crippen LogP contribution in [0.5, 0.6) is 0 Å². The van der Waals surface area contributed by atoms with Crippen LogP contribution in [-0.4, -0.2) is 47.1 Å². The Hall–Kier alpha value is -2.16. The Balaban J connectivity index is 1.90. The van der Waals surface area contributed by atoms with Gasteiger partial charge in [0.15, 0.2) is 5.54 Å². The van der Waals surface area contributed by atoms with E-state index in [1.807, 2.05) is 6.92 Å². The van der Waals surface area contributed by atoms with Crippen molar-refractivity contribution in [2.45, 2.75) is 62.8 Å². The Kier molecular flexibility index (Phi) is 4.83. The number of carbonyl (C=O) groups is 1. The van der Waals surface area contributed by atoms with Crippen molar-refractivity contribution >= 4 is 11.6 Å². The van der Waals surface area contributed by atoms with Crippen LogP contribution in [0.2, 0.25) is 0 Å². The van der Waals surface area contributed by atoms with Crippen molar-refractivity contribution in [3.05, 3.63) is 39.9 Å². The Labute approximate surface area is 166 Å². The first-order chi connectivity index (χ1) is 13.8. The number of halogens is 3. The van der Waals surface area contributed by atoms with Gasteiger partial charge in [-0.25, -0.2) is 0 Å². The molecule has 2 fully saturated rings. The summed E-state index contributed by atoms with van der Waals surface area (Å²) in [5.41, 5.74) is -1.02. The first kappa shape index (κ1) is 20.1. The van der Waals surface area contributed by atoms with E-state index in [0.717, 1.165) is 12.8 Å². The average Bonchev–Trinajstić information content (AvgIpc) is 3.29. The van der Waals surface area contributed by atoms with Crippen LogP contribution in [0.25, 0.3) is 0 Å². The highest BCUT2D eigenvalue weighted by atomic mass is 19.4. The maximum absolute atomic E-state index is 14.0. The number of nitrogens with zero attached hydrogens (tertiary/aromatic N) is 3. The molecule has 0 unspecified atom stereocenters. The standard InChI is InChI=1S/C20H24F3N3O3/c1-2-3-6-11-24-14-9-5-4-8-13(14)19(18(24)27)17(26(28)29)16(20(21,22)23)15-10-7-12-25(15)19/h4-5,8-9,15-17H,2-3,6-7,10-12H2,1H3/t15-,16-,17+,19+/m1/s1. The zero-order valence-electron chi connectivity index (χ0n) is 16.2. The zero-order valence-corrected chi connectivity index (χ0v) is 16.2. The predicted molar refractivity (Wildman–Crippen MR) is 100 cm³/mol. The number of benzene rings is 1. The SMILES string of the molecule is CCCCCN1C(=O)[C@]2(c3ccccc31)[C@@H]([N+](=O)[O-])[C@H](C(F)(F)F)[C@H]1CCCN12. The number of rotatable bonds is 5. The van der Waals surface area contributed by atoms with E-state index in [9.17, 15) is 28.1 Å². The fourth-order valence-corrected chi connectivity index (χ4v) is 5.69. The van der Waals surface area contributed by atoms with Gasteiger partial charge in [-0.05, 0) is 25.3 Å². The summed E-state index contributed by atoms with van der Waals surface area (Å²) in [5.74, 6) is -2.73. The maximum atomic E-state index is 14.0. The molecular formula is C20H24F3N3O3. The van der Waals surface area contributed by atoms with Crippen LogP contribution in [0.15, 0.2) is 24.3 Å². The molecule has 1 aromatic carbocycles. The first-order valence-electron chi connectivity index (χ1n) is 10.1. The Bertz CT molecular complexity index is 831. The number of alkyl halides is 3. The van der Waals surface area contributed by atoms with Gasteiger partial charge in [0.1, 0.15) is 5.92 Å². The van der Waals surface area contributed by atoms with Gasteiger partial charge in [0.25, 0.3) is 11.9 Å². The predicted octanol–water partition coefficient (Wildman–Crippen LogP) is 3.72. The molecule has 1 amide bonds. The van der Waals surface area contributed by atoms with E-state index in [2.05, 4.69) is 0 Å². The summed E-state index contributed by atoms with van der Waals surface area (Å²) < 4.78 is 42.1. The van der Waals surface area contributed by atoms with Crippen molar-refractivity contribution in [2.24, 2.45) is 5.92 Å². The monoisotopic (exact) mass is 411 g/mol. The van der Waals surface area contributed by atoms with Crippen LogP contribution in [0.3, 0.4) is 0 Å². The molecule has 9 heteroatoms. The number of unbranched alkanes of at least 4 members (excludes halogenated alkanes) is 2. The molecule has 0 aromatic heterocycles. The highest BCUT2D eigenvalue weighted by Gasteiger charge is 2.78. The summed E-state index contributed by atoms with van der Waals surface area (Å²) in [4.78, 5) is 27.9. The van der Waals surface area contributed by atoms with Crippen LogP contribution in [0, 0.1) is 16.0 Å². The van der Waals surface area contributed by atoms with Gasteiger partial charge in [-0.1, -0.05) is 38.0 Å². The number of anilines is 1. The third kappa shape index (κ3) is 2.69. The fourth-order valence-electron chi connectivity index (χ4n) is 5.69. The number of amides is 1. The highest BCUT2D eigenvalue weighted by Crippen LogP contribution is 2.59. The summed E-state index contributed by atoms with van der Waals surface area (Å²) in [5, 5.41) is 12.1. The second-order valence-electron chi connectivity index (χ2n) is 8.15. The van der Waals surface area contributed by atoms with Crippen LogP contribution in [0.1, 0.15) is 44.6 Å². The Morgan fingerprint density at radius 3 is 2.66 bits per heavy atom. The van der Waals surface area contributed by atoms with Crippen LogP contribution in [0.4, 0.5) is 18.9 Å². The van der Waals surface area contributed by atoms with E-state index in [1.165, 1.54) is 9.80 Å². The molecule has 0 saturated carbocycles. The van der Waals surface area contributed by atoms with Crippen LogP contribution in [-0.2, 0) is 10.3 Å². The van der Waals surface area contributed by atoms with Gasteiger partial charge in [-0.3, -0.25) is 19.8 Å². The van der Waals surface area contributed by atoms with Crippen molar-refractivity contribution < 1.29 is 22.9 Å². The first-order valence-corrected chi connectivity index (χ1v) is 10.1. The quantitative estimate of drug-likeness (QED) is 0.421. The highest BCUT2D eigenvalue weighted by molar-refractivity contribution is 6.08. The number of para-hydroxylation sites is 1. The molecule has 6 nitrogen and oxygen atoms in total. The van der Waals surface area contributed by atoms with E-state index < -0.39 is 40.5 Å². The Morgan fingerprint density at radius 2 is 2.00 bits per heavy atom. The largest absolute Gasteiger partial charge is 0.400 e. The lowest BCUT2D eigenvalue weighted by Crippen LogP contribution is -2.58. The molecule has 1 aromatic rings. The van der Waals surface area contributed by atoms with E-state index in [4.69, 9.17) is 0 Å². The number of fused-ring (bicyclic) bond motifs is 4. The van der Waals surface area contributed by atoms with Crippen molar-refractivity contribution in [1.82, 2.24) is 4.90 Å². The lowest BCUT2D eigenvalue weighted by molar-refractivity contribution is -0.547. The van der Waals surface area contributed by atoms with Crippen molar-refractivity contribution in [2.75, 3.05) is 18.0 Å². The summed E-state index contributed by atoms with van der Waals surface area (Å²) in [6, 6.07) is 3.56. The molecule has 158 valence electrons. The molecule has 3 aliphatic heterocycles. The zero-order chi connectivity index (χ0) is 21.0. The minimum absolute atomic E-state index is 0.210. The fraction of sp³-hybridized carbons (Fsp3) is 0.650. The second-order valence-corrected chi connectivity index (χ2v) is 8.15. The molecule has 29 heavy (non-hydrogen) atoms. The molecule has 4 atom stereocenters. The normalized spacial score (nSPS) is 31.5. The van der Waals surface area contributed by atoms with Gasteiger partial charge in [0.05, 0.1) is 0 Å². The van der Waals surface area contributed by atoms with Crippen molar-refractivity contribution in [3.63, 3.8) is 0 Å². The lowest BCUT2D eigenvalue weighted by atomic mass is 9.79. The second kappa shape index (κ2) is 6.97. The molecular weight excluding hydrogens is 387 g/mol. The number of nitro groups is 1. The van der Waals surface area contributed by atoms with Gasteiger partial charge in [0, 0.05) is 35.3 Å². The van der Waals surface area contributed by atoms with Gasteiger partial charge in [-0.2, -0.15) is 13.2 Å². The van der Waals surface area contributed by atoms with E-state index in [1.54, 1.807) is 24.3 Å². The van der Waals surface area contributed by atoms with Gasteiger partial charge >= 0.3 is 6.18 Å². The molecule has 4 rings (SSSR count). The average molecular weight is 411 g/mol. The van der Waals surface area contributed by atoms with Crippen LogP contribution < -0.4 is 4.90 Å². The smallest absolute Gasteiger partial charge is 0.310 e. The number of hydrogen-bond acceptors (Lipinski definition) is 4. The maximum Gasteiger partial charge on any atom is 0.400 e. The summed E-state index contributed by atoms with van der Waals surface area (Å²) in [6.07, 6.45) is -1.55.